The summed E-state index contributed by atoms with van der Waals surface area (Å²) in [6, 6.07) is 12.3. The van der Waals surface area contributed by atoms with Gasteiger partial charge in [-0.15, -0.1) is 0 Å². The first-order valence-corrected chi connectivity index (χ1v) is 9.27. The van der Waals surface area contributed by atoms with Gasteiger partial charge in [0.1, 0.15) is 5.69 Å². The molecule has 0 saturated heterocycles. The van der Waals surface area contributed by atoms with E-state index in [1.54, 1.807) is 35.9 Å². The van der Waals surface area contributed by atoms with Crippen molar-refractivity contribution in [2.24, 2.45) is 0 Å². The Kier molecular flexibility index (Phi) is 4.72. The molecule has 0 aliphatic carbocycles. The number of aromatic nitrogens is 3. The van der Waals surface area contributed by atoms with Gasteiger partial charge >= 0.3 is 5.97 Å². The van der Waals surface area contributed by atoms with Crippen LogP contribution in [0.2, 0.25) is 0 Å². The third-order valence-corrected chi connectivity index (χ3v) is 4.88. The lowest BCUT2D eigenvalue weighted by atomic mass is 10.1. The Balaban J connectivity index is 1.55. The van der Waals surface area contributed by atoms with E-state index in [1.165, 1.54) is 0 Å². The SMILES string of the molecule is CCn1c(=O)c(C)nc2cc(C(=O)OCC(=O)c3c[nH]c4ccccc34)ccc21. The third kappa shape index (κ3) is 3.31. The van der Waals surface area contributed by atoms with E-state index in [-0.39, 0.29) is 23.5 Å². The van der Waals surface area contributed by atoms with E-state index < -0.39 is 5.97 Å². The minimum Gasteiger partial charge on any atom is -0.454 e. The number of carbonyl (C=O) groups excluding carboxylic acids is 2. The van der Waals surface area contributed by atoms with Crippen LogP contribution in [0.4, 0.5) is 0 Å². The van der Waals surface area contributed by atoms with Gasteiger partial charge in [0.15, 0.2) is 6.61 Å². The number of nitrogens with zero attached hydrogens (tertiary/aromatic N) is 2. The van der Waals surface area contributed by atoms with E-state index in [0.29, 0.717) is 28.8 Å². The van der Waals surface area contributed by atoms with E-state index in [1.807, 2.05) is 31.2 Å². The molecule has 4 rings (SSSR count). The molecule has 1 N–H and O–H groups in total. The minimum atomic E-state index is -0.617. The van der Waals surface area contributed by atoms with Crippen LogP contribution in [0.15, 0.2) is 53.5 Å². The zero-order valence-corrected chi connectivity index (χ0v) is 16.1. The lowest BCUT2D eigenvalue weighted by Gasteiger charge is -2.10. The zero-order valence-electron chi connectivity index (χ0n) is 16.1. The van der Waals surface area contributed by atoms with Gasteiger partial charge in [0, 0.05) is 29.2 Å². The van der Waals surface area contributed by atoms with Crippen molar-refractivity contribution >= 4 is 33.7 Å². The summed E-state index contributed by atoms with van der Waals surface area (Å²) >= 11 is 0. The number of aryl methyl sites for hydroxylation is 2. The van der Waals surface area contributed by atoms with E-state index in [9.17, 15) is 14.4 Å². The van der Waals surface area contributed by atoms with Gasteiger partial charge in [-0.1, -0.05) is 18.2 Å². The number of aromatic amines is 1. The monoisotopic (exact) mass is 389 g/mol. The second-order valence-corrected chi connectivity index (χ2v) is 6.70. The molecule has 29 heavy (non-hydrogen) atoms. The summed E-state index contributed by atoms with van der Waals surface area (Å²) in [5.74, 6) is -0.904. The van der Waals surface area contributed by atoms with Gasteiger partial charge in [0.05, 0.1) is 16.6 Å². The van der Waals surface area contributed by atoms with Crippen LogP contribution < -0.4 is 5.56 Å². The van der Waals surface area contributed by atoms with Crippen molar-refractivity contribution in [1.29, 1.82) is 0 Å². The van der Waals surface area contributed by atoms with E-state index in [2.05, 4.69) is 9.97 Å². The molecule has 0 radical (unpaired) electrons. The van der Waals surface area contributed by atoms with Gasteiger partial charge in [0.2, 0.25) is 5.78 Å². The molecule has 0 aliphatic heterocycles. The number of carbonyl (C=O) groups is 2. The average molecular weight is 389 g/mol. The fraction of sp³-hybridized carbons (Fsp3) is 0.182. The molecule has 7 nitrogen and oxygen atoms in total. The second-order valence-electron chi connectivity index (χ2n) is 6.70. The molecule has 146 valence electrons. The summed E-state index contributed by atoms with van der Waals surface area (Å²) in [6.45, 7) is 3.65. The molecule has 0 saturated carbocycles. The molecule has 4 aromatic rings. The number of para-hydroxylation sites is 1. The molecule has 2 aromatic carbocycles. The highest BCUT2D eigenvalue weighted by Crippen LogP contribution is 2.19. The number of Topliss-reactive ketones (excluding diaryl/α,β-unsaturated/α-hetero) is 1. The smallest absolute Gasteiger partial charge is 0.338 e. The standard InChI is InChI=1S/C22H19N3O4/c1-3-25-19-9-8-14(10-18(19)24-13(2)21(25)27)22(28)29-12-20(26)16-11-23-17-7-5-4-6-15(16)17/h4-11,23H,3,12H2,1-2H3. The molecular weight excluding hydrogens is 370 g/mol. The van der Waals surface area contributed by atoms with Crippen molar-refractivity contribution in [3.63, 3.8) is 0 Å². The first-order chi connectivity index (χ1) is 14.0. The Bertz CT molecular complexity index is 1320. The van der Waals surface area contributed by atoms with Gasteiger partial charge < -0.3 is 14.3 Å². The lowest BCUT2D eigenvalue weighted by molar-refractivity contribution is 0.0475. The summed E-state index contributed by atoms with van der Waals surface area (Å²) in [5.41, 5.74) is 2.99. The molecule has 0 aliphatic rings. The summed E-state index contributed by atoms with van der Waals surface area (Å²) in [4.78, 5) is 44.4. The van der Waals surface area contributed by atoms with Crippen molar-refractivity contribution < 1.29 is 14.3 Å². The fourth-order valence-electron chi connectivity index (χ4n) is 3.41. The number of ether oxygens (including phenoxy) is 1. The highest BCUT2D eigenvalue weighted by molar-refractivity contribution is 6.09. The van der Waals surface area contributed by atoms with Crippen LogP contribution in [0.1, 0.15) is 33.3 Å². The predicted octanol–water partition coefficient (Wildman–Crippen LogP) is 3.25. The minimum absolute atomic E-state index is 0.153. The molecule has 2 aromatic heterocycles. The summed E-state index contributed by atoms with van der Waals surface area (Å²) in [7, 11) is 0. The fourth-order valence-corrected chi connectivity index (χ4v) is 3.41. The van der Waals surface area contributed by atoms with Crippen LogP contribution in [-0.4, -0.2) is 32.9 Å². The van der Waals surface area contributed by atoms with Gasteiger partial charge in [-0.3, -0.25) is 9.59 Å². The second kappa shape index (κ2) is 7.35. The Morgan fingerprint density at radius 2 is 1.97 bits per heavy atom. The molecule has 0 atom stereocenters. The Labute approximate surface area is 165 Å². The van der Waals surface area contributed by atoms with Crippen LogP contribution in [0.5, 0.6) is 0 Å². The largest absolute Gasteiger partial charge is 0.454 e. The number of H-pyrrole nitrogens is 1. The van der Waals surface area contributed by atoms with Crippen LogP contribution in [0.25, 0.3) is 21.9 Å². The topological polar surface area (TPSA) is 94.0 Å². The molecular formula is C22H19N3O4. The van der Waals surface area contributed by atoms with E-state index >= 15 is 0 Å². The maximum atomic E-state index is 12.5. The van der Waals surface area contributed by atoms with Gasteiger partial charge in [-0.25, -0.2) is 9.78 Å². The number of nitrogens with one attached hydrogen (secondary N) is 1. The number of rotatable bonds is 5. The van der Waals surface area contributed by atoms with Gasteiger partial charge in [-0.05, 0) is 38.1 Å². The highest BCUT2D eigenvalue weighted by Gasteiger charge is 2.16. The molecule has 0 bridgehead atoms. The van der Waals surface area contributed by atoms with Crippen LogP contribution in [0.3, 0.4) is 0 Å². The molecule has 0 unspecified atom stereocenters. The quantitative estimate of drug-likeness (QED) is 0.418. The van der Waals surface area contributed by atoms with Crippen molar-refractivity contribution in [2.45, 2.75) is 20.4 Å². The summed E-state index contributed by atoms with van der Waals surface area (Å²) in [5, 5.41) is 0.788. The van der Waals surface area contributed by atoms with Crippen LogP contribution in [-0.2, 0) is 11.3 Å². The maximum absolute atomic E-state index is 12.5. The molecule has 0 spiro atoms. The Hall–Kier alpha value is -3.74. The van der Waals surface area contributed by atoms with Gasteiger partial charge in [0.25, 0.3) is 5.56 Å². The van der Waals surface area contributed by atoms with Crippen molar-refractivity contribution in [2.75, 3.05) is 6.61 Å². The Morgan fingerprint density at radius 1 is 1.17 bits per heavy atom. The number of esters is 1. The first kappa shape index (κ1) is 18.6. The average Bonchev–Trinajstić information content (AvgIpc) is 3.16. The molecule has 0 amide bonds. The number of ketones is 1. The predicted molar refractivity (Wildman–Crippen MR) is 109 cm³/mol. The molecule has 2 heterocycles. The van der Waals surface area contributed by atoms with Crippen molar-refractivity contribution in [1.82, 2.24) is 14.5 Å². The van der Waals surface area contributed by atoms with Crippen LogP contribution >= 0.6 is 0 Å². The summed E-state index contributed by atoms with van der Waals surface area (Å²) in [6.07, 6.45) is 1.62. The number of benzene rings is 2. The molecule has 7 heteroatoms. The van der Waals surface area contributed by atoms with Crippen LogP contribution in [0, 0.1) is 6.92 Å². The van der Waals surface area contributed by atoms with E-state index in [0.717, 1.165) is 10.9 Å². The Morgan fingerprint density at radius 3 is 2.76 bits per heavy atom. The number of fused-ring (bicyclic) bond motifs is 2. The summed E-state index contributed by atoms with van der Waals surface area (Å²) < 4.78 is 6.83. The first-order valence-electron chi connectivity index (χ1n) is 9.27. The van der Waals surface area contributed by atoms with Crippen molar-refractivity contribution in [3.8, 4) is 0 Å². The van der Waals surface area contributed by atoms with Crippen molar-refractivity contribution in [3.05, 3.63) is 75.8 Å². The molecule has 0 fully saturated rings. The zero-order chi connectivity index (χ0) is 20.5. The normalized spacial score (nSPS) is 11.1. The number of hydrogen-bond acceptors (Lipinski definition) is 5. The third-order valence-electron chi connectivity index (χ3n) is 4.88. The highest BCUT2D eigenvalue weighted by atomic mass is 16.5. The van der Waals surface area contributed by atoms with Gasteiger partial charge in [-0.2, -0.15) is 0 Å². The number of hydrogen-bond donors (Lipinski definition) is 1. The van der Waals surface area contributed by atoms with E-state index in [4.69, 9.17) is 4.74 Å². The lowest BCUT2D eigenvalue weighted by Crippen LogP contribution is -2.23. The maximum Gasteiger partial charge on any atom is 0.338 e.